The van der Waals surface area contributed by atoms with Crippen molar-refractivity contribution in [1.29, 1.82) is 0 Å². The van der Waals surface area contributed by atoms with E-state index in [-0.39, 0.29) is 18.7 Å². The topological polar surface area (TPSA) is 130 Å². The summed E-state index contributed by atoms with van der Waals surface area (Å²) in [4.78, 5) is 34.1. The predicted octanol–water partition coefficient (Wildman–Crippen LogP) is -0.0841. The van der Waals surface area contributed by atoms with Crippen LogP contribution in [0.5, 0.6) is 0 Å². The average molecular weight is 304 g/mol. The van der Waals surface area contributed by atoms with Crippen LogP contribution in [0.25, 0.3) is 11.0 Å². The maximum atomic E-state index is 12.0. The number of nitrogens with one attached hydrogen (secondary N) is 1. The third kappa shape index (κ3) is 3.70. The first kappa shape index (κ1) is 15.7. The van der Waals surface area contributed by atoms with Crippen LogP contribution >= 0.6 is 0 Å². The van der Waals surface area contributed by atoms with Gasteiger partial charge in [0.05, 0.1) is 0 Å². The molecule has 0 aliphatic rings. The fraction of sp³-hybridized carbons (Fsp3) is 0.267. The Labute approximate surface area is 126 Å². The first-order chi connectivity index (χ1) is 10.4. The fourth-order valence-corrected chi connectivity index (χ4v) is 2.09. The molecule has 0 saturated carbocycles. The molecule has 0 unspecified atom stereocenters. The molecule has 22 heavy (non-hydrogen) atoms. The average Bonchev–Trinajstić information content (AvgIpc) is 2.43. The molecule has 0 spiro atoms. The molecule has 0 aliphatic carbocycles. The SMILES string of the molecule is Cc1cc(=O)oc2cc(NC(=O)[C@@H]([NH3+])CCC(N)=O)ccc12. The minimum absolute atomic E-state index is 0.105. The number of carbonyl (C=O) groups is 2. The van der Waals surface area contributed by atoms with Crippen molar-refractivity contribution < 1.29 is 19.7 Å². The van der Waals surface area contributed by atoms with Crippen molar-refractivity contribution in [2.24, 2.45) is 5.73 Å². The summed E-state index contributed by atoms with van der Waals surface area (Å²) in [6.45, 7) is 1.81. The van der Waals surface area contributed by atoms with Gasteiger partial charge in [-0.2, -0.15) is 0 Å². The molecule has 1 heterocycles. The number of amides is 2. The molecule has 0 aliphatic heterocycles. The Morgan fingerprint density at radius 1 is 1.36 bits per heavy atom. The Bertz CT molecular complexity index is 782. The van der Waals surface area contributed by atoms with Gasteiger partial charge < -0.3 is 21.2 Å². The van der Waals surface area contributed by atoms with Crippen LogP contribution in [0.2, 0.25) is 0 Å². The number of rotatable bonds is 5. The standard InChI is InChI=1S/C15H17N3O4/c1-8-6-14(20)22-12-7-9(2-3-10(8)12)18-15(21)11(16)4-5-13(17)19/h2-3,6-7,11H,4-5,16H2,1H3,(H2,17,19)(H,18,21)/p+1/t11-/m0/s1. The van der Waals surface area contributed by atoms with Crippen molar-refractivity contribution in [3.8, 4) is 0 Å². The zero-order chi connectivity index (χ0) is 16.3. The Morgan fingerprint density at radius 3 is 2.77 bits per heavy atom. The summed E-state index contributed by atoms with van der Waals surface area (Å²) in [6, 6.07) is 5.89. The number of carbonyl (C=O) groups excluding carboxylic acids is 2. The molecule has 1 atom stereocenters. The summed E-state index contributed by atoms with van der Waals surface area (Å²) in [7, 11) is 0. The van der Waals surface area contributed by atoms with Gasteiger partial charge in [-0.05, 0) is 24.6 Å². The first-order valence-corrected chi connectivity index (χ1v) is 6.83. The maximum absolute atomic E-state index is 12.0. The van der Waals surface area contributed by atoms with E-state index in [1.165, 1.54) is 6.07 Å². The Balaban J connectivity index is 2.16. The highest BCUT2D eigenvalue weighted by Gasteiger charge is 2.18. The molecule has 7 heteroatoms. The molecule has 7 nitrogen and oxygen atoms in total. The number of anilines is 1. The molecule has 0 fully saturated rings. The van der Waals surface area contributed by atoms with Gasteiger partial charge in [-0.25, -0.2) is 4.79 Å². The molecule has 116 valence electrons. The van der Waals surface area contributed by atoms with Crippen LogP contribution in [-0.4, -0.2) is 17.9 Å². The van der Waals surface area contributed by atoms with Crippen LogP contribution < -0.4 is 22.4 Å². The number of aryl methyl sites for hydroxylation is 1. The maximum Gasteiger partial charge on any atom is 0.336 e. The van der Waals surface area contributed by atoms with Crippen LogP contribution in [0.1, 0.15) is 18.4 Å². The van der Waals surface area contributed by atoms with E-state index in [1.807, 2.05) is 6.92 Å². The molecular weight excluding hydrogens is 286 g/mol. The van der Waals surface area contributed by atoms with Crippen LogP contribution in [0, 0.1) is 6.92 Å². The molecular formula is C15H18N3O4+. The first-order valence-electron chi connectivity index (χ1n) is 6.83. The van der Waals surface area contributed by atoms with Gasteiger partial charge >= 0.3 is 5.63 Å². The molecule has 2 aromatic rings. The van der Waals surface area contributed by atoms with E-state index in [1.54, 1.807) is 18.2 Å². The molecule has 0 radical (unpaired) electrons. The normalized spacial score (nSPS) is 12.1. The summed E-state index contributed by atoms with van der Waals surface area (Å²) in [5.74, 6) is -0.792. The zero-order valence-corrected chi connectivity index (χ0v) is 12.2. The Hall–Kier alpha value is -2.67. The summed E-state index contributed by atoms with van der Waals surface area (Å²) >= 11 is 0. The lowest BCUT2D eigenvalue weighted by atomic mass is 10.1. The second-order valence-corrected chi connectivity index (χ2v) is 5.15. The predicted molar refractivity (Wildman–Crippen MR) is 81.0 cm³/mol. The van der Waals surface area contributed by atoms with Gasteiger partial charge in [0.15, 0.2) is 6.04 Å². The second-order valence-electron chi connectivity index (χ2n) is 5.15. The molecule has 2 amide bonds. The highest BCUT2D eigenvalue weighted by atomic mass is 16.4. The van der Waals surface area contributed by atoms with Gasteiger partial charge in [-0.1, -0.05) is 0 Å². The third-order valence-corrected chi connectivity index (χ3v) is 3.33. The number of nitrogens with two attached hydrogens (primary N) is 1. The van der Waals surface area contributed by atoms with Gasteiger partial charge in [-0.15, -0.1) is 0 Å². The van der Waals surface area contributed by atoms with E-state index in [9.17, 15) is 14.4 Å². The van der Waals surface area contributed by atoms with Gasteiger partial charge in [-0.3, -0.25) is 9.59 Å². The minimum atomic E-state index is -0.590. The summed E-state index contributed by atoms with van der Waals surface area (Å²) in [5, 5.41) is 3.48. The Morgan fingerprint density at radius 2 is 2.09 bits per heavy atom. The largest absolute Gasteiger partial charge is 0.423 e. The quantitative estimate of drug-likeness (QED) is 0.667. The molecule has 2 rings (SSSR count). The number of primary amides is 1. The van der Waals surface area contributed by atoms with Crippen molar-refractivity contribution >= 4 is 28.5 Å². The Kier molecular flexibility index (Phi) is 4.57. The molecule has 1 aromatic heterocycles. The van der Waals surface area contributed by atoms with E-state index in [0.29, 0.717) is 11.3 Å². The fourth-order valence-electron chi connectivity index (χ4n) is 2.09. The lowest BCUT2D eigenvalue weighted by Crippen LogP contribution is -2.66. The smallest absolute Gasteiger partial charge is 0.336 e. The lowest BCUT2D eigenvalue weighted by Gasteiger charge is -2.09. The lowest BCUT2D eigenvalue weighted by molar-refractivity contribution is -0.403. The number of benzene rings is 1. The van der Waals surface area contributed by atoms with E-state index >= 15 is 0 Å². The molecule has 0 bridgehead atoms. The summed E-state index contributed by atoms with van der Waals surface area (Å²) in [5.41, 5.74) is 10.0. The highest BCUT2D eigenvalue weighted by Crippen LogP contribution is 2.20. The monoisotopic (exact) mass is 304 g/mol. The van der Waals surface area contributed by atoms with Crippen LogP contribution in [-0.2, 0) is 9.59 Å². The summed E-state index contributed by atoms with van der Waals surface area (Å²) in [6.07, 6.45) is 0.385. The van der Waals surface area contributed by atoms with Crippen molar-refractivity contribution in [3.63, 3.8) is 0 Å². The van der Waals surface area contributed by atoms with Crippen molar-refractivity contribution in [1.82, 2.24) is 0 Å². The van der Waals surface area contributed by atoms with E-state index in [0.717, 1.165) is 10.9 Å². The van der Waals surface area contributed by atoms with Gasteiger partial charge in [0.2, 0.25) is 5.91 Å². The van der Waals surface area contributed by atoms with Crippen LogP contribution in [0.3, 0.4) is 0 Å². The molecule has 0 saturated heterocycles. The molecule has 1 aromatic carbocycles. The zero-order valence-electron chi connectivity index (χ0n) is 12.2. The van der Waals surface area contributed by atoms with E-state index in [2.05, 4.69) is 11.1 Å². The third-order valence-electron chi connectivity index (χ3n) is 3.33. The number of hydrogen-bond acceptors (Lipinski definition) is 4. The van der Waals surface area contributed by atoms with Crippen molar-refractivity contribution in [2.45, 2.75) is 25.8 Å². The van der Waals surface area contributed by atoms with E-state index < -0.39 is 17.6 Å². The number of hydrogen-bond donors (Lipinski definition) is 3. The minimum Gasteiger partial charge on any atom is -0.423 e. The van der Waals surface area contributed by atoms with Gasteiger partial charge in [0.25, 0.3) is 5.91 Å². The number of fused-ring (bicyclic) bond motifs is 1. The van der Waals surface area contributed by atoms with Crippen LogP contribution in [0.4, 0.5) is 5.69 Å². The second kappa shape index (κ2) is 6.40. The number of quaternary nitrogens is 1. The van der Waals surface area contributed by atoms with Crippen molar-refractivity contribution in [3.05, 3.63) is 40.2 Å². The van der Waals surface area contributed by atoms with Crippen molar-refractivity contribution in [2.75, 3.05) is 5.32 Å². The summed E-state index contributed by atoms with van der Waals surface area (Å²) < 4.78 is 5.12. The van der Waals surface area contributed by atoms with E-state index in [4.69, 9.17) is 10.2 Å². The van der Waals surface area contributed by atoms with Gasteiger partial charge in [0.1, 0.15) is 5.58 Å². The van der Waals surface area contributed by atoms with Crippen LogP contribution in [0.15, 0.2) is 33.5 Å². The highest BCUT2D eigenvalue weighted by molar-refractivity contribution is 5.96. The van der Waals surface area contributed by atoms with Gasteiger partial charge in [0, 0.05) is 36.0 Å². The molecule has 6 N–H and O–H groups in total.